The molecule has 1 N–H and O–H groups in total. The third-order valence-corrected chi connectivity index (χ3v) is 4.65. The number of benzene rings is 2. The first-order chi connectivity index (χ1) is 14.0. The Morgan fingerprint density at radius 2 is 1.52 bits per heavy atom. The average Bonchev–Trinajstić information content (AvgIpc) is 3.22. The number of methoxy groups -OCH3 is 1. The van der Waals surface area contributed by atoms with Crippen LogP contribution in [0.1, 0.15) is 41.5 Å². The maximum atomic E-state index is 12.7. The first-order valence-corrected chi connectivity index (χ1v) is 9.41. The highest BCUT2D eigenvalue weighted by molar-refractivity contribution is 5.95. The lowest BCUT2D eigenvalue weighted by atomic mass is 9.99. The third-order valence-electron chi connectivity index (χ3n) is 4.65. The molecule has 29 heavy (non-hydrogen) atoms. The van der Waals surface area contributed by atoms with Gasteiger partial charge in [-0.05, 0) is 17.0 Å². The van der Waals surface area contributed by atoms with Crippen LogP contribution < -0.4 is 5.32 Å². The second-order valence-corrected chi connectivity index (χ2v) is 7.03. The highest BCUT2D eigenvalue weighted by Gasteiger charge is 2.27. The molecule has 0 fully saturated rings. The van der Waals surface area contributed by atoms with Crippen molar-refractivity contribution in [2.75, 3.05) is 7.11 Å². The van der Waals surface area contributed by atoms with Gasteiger partial charge in [0.15, 0.2) is 5.69 Å². The van der Waals surface area contributed by atoms with E-state index in [2.05, 4.69) is 15.6 Å². The zero-order chi connectivity index (χ0) is 20.8. The van der Waals surface area contributed by atoms with E-state index in [0.29, 0.717) is 0 Å². The fraction of sp³-hybridized carbons (Fsp3) is 0.273. The molecule has 0 saturated carbocycles. The number of hydrogen-bond donors (Lipinski definition) is 1. The highest BCUT2D eigenvalue weighted by Crippen LogP contribution is 2.25. The van der Waals surface area contributed by atoms with Gasteiger partial charge in [0.1, 0.15) is 12.1 Å². The third kappa shape index (κ3) is 4.68. The van der Waals surface area contributed by atoms with Crippen molar-refractivity contribution in [3.8, 4) is 0 Å². The molecule has 3 rings (SSSR count). The van der Waals surface area contributed by atoms with Crippen molar-refractivity contribution < 1.29 is 14.3 Å². The van der Waals surface area contributed by atoms with E-state index in [4.69, 9.17) is 4.74 Å². The molecule has 0 aliphatic rings. The largest absolute Gasteiger partial charge is 0.467 e. The van der Waals surface area contributed by atoms with Crippen LogP contribution in [0.2, 0.25) is 0 Å². The Morgan fingerprint density at radius 3 is 2.00 bits per heavy atom. The number of nitrogens with zero attached hydrogens (tertiary/aromatic N) is 3. The zero-order valence-electron chi connectivity index (χ0n) is 16.6. The first kappa shape index (κ1) is 20.3. The lowest BCUT2D eigenvalue weighted by molar-refractivity contribution is -0.144. The molecular weight excluding hydrogens is 368 g/mol. The molecule has 2 aromatic carbocycles. The molecule has 0 aliphatic carbocycles. The summed E-state index contributed by atoms with van der Waals surface area (Å²) in [4.78, 5) is 24.6. The molecule has 1 amide bonds. The van der Waals surface area contributed by atoms with Gasteiger partial charge in [0.25, 0.3) is 5.91 Å². The molecule has 1 heterocycles. The van der Waals surface area contributed by atoms with Gasteiger partial charge in [-0.15, -0.1) is 5.10 Å². The topological polar surface area (TPSA) is 86.1 Å². The molecule has 7 nitrogen and oxygen atoms in total. The van der Waals surface area contributed by atoms with Crippen LogP contribution in [0, 0.1) is 5.92 Å². The molecule has 1 aromatic heterocycles. The number of nitrogens with one attached hydrogen (secondary N) is 1. The summed E-state index contributed by atoms with van der Waals surface area (Å²) in [6, 6.07) is 18.8. The lowest BCUT2D eigenvalue weighted by Crippen LogP contribution is -2.45. The summed E-state index contributed by atoms with van der Waals surface area (Å²) >= 11 is 0. The molecule has 0 saturated heterocycles. The summed E-state index contributed by atoms with van der Waals surface area (Å²) in [5.41, 5.74) is 2.17. The molecule has 1 atom stereocenters. The standard InChI is InChI=1S/C22H24N4O3/c1-15(2)19(22(28)29-3)23-21(27)18-14-26(25-24-18)20(16-10-6-4-7-11-16)17-12-8-5-9-13-17/h4-15,19-20H,1-3H3,(H,23,27)/t19-/m0/s1. The van der Waals surface area contributed by atoms with E-state index in [-0.39, 0.29) is 17.7 Å². The second-order valence-electron chi connectivity index (χ2n) is 7.03. The van der Waals surface area contributed by atoms with Crippen molar-refractivity contribution >= 4 is 11.9 Å². The van der Waals surface area contributed by atoms with E-state index in [0.717, 1.165) is 11.1 Å². The van der Waals surface area contributed by atoms with Crippen molar-refractivity contribution in [2.45, 2.75) is 25.9 Å². The van der Waals surface area contributed by atoms with Crippen LogP contribution in [-0.2, 0) is 9.53 Å². The van der Waals surface area contributed by atoms with E-state index in [1.54, 1.807) is 10.9 Å². The Hall–Kier alpha value is -3.48. The molecule has 150 valence electrons. The van der Waals surface area contributed by atoms with Crippen LogP contribution in [0.4, 0.5) is 0 Å². The van der Waals surface area contributed by atoms with Crippen molar-refractivity contribution in [1.29, 1.82) is 0 Å². The normalized spacial score (nSPS) is 12.0. The number of carbonyl (C=O) groups is 2. The smallest absolute Gasteiger partial charge is 0.328 e. The lowest BCUT2D eigenvalue weighted by Gasteiger charge is -2.19. The van der Waals surface area contributed by atoms with Gasteiger partial charge in [-0.1, -0.05) is 79.7 Å². The van der Waals surface area contributed by atoms with E-state index in [9.17, 15) is 9.59 Å². The minimum absolute atomic E-state index is 0.122. The van der Waals surface area contributed by atoms with Gasteiger partial charge in [0, 0.05) is 0 Å². The SMILES string of the molecule is COC(=O)[C@@H](NC(=O)c1cn(C(c2ccccc2)c2ccccc2)nn1)C(C)C. The number of carbonyl (C=O) groups excluding carboxylic acids is 2. The maximum absolute atomic E-state index is 12.7. The van der Waals surface area contributed by atoms with Crippen molar-refractivity contribution in [3.05, 3.63) is 83.7 Å². The van der Waals surface area contributed by atoms with Crippen LogP contribution in [0.3, 0.4) is 0 Å². The highest BCUT2D eigenvalue weighted by atomic mass is 16.5. The molecule has 7 heteroatoms. The van der Waals surface area contributed by atoms with Gasteiger partial charge in [-0.25, -0.2) is 9.48 Å². The Labute approximate surface area is 169 Å². The van der Waals surface area contributed by atoms with Crippen molar-refractivity contribution in [3.63, 3.8) is 0 Å². The predicted molar refractivity (Wildman–Crippen MR) is 108 cm³/mol. The molecule has 0 bridgehead atoms. The van der Waals surface area contributed by atoms with Gasteiger partial charge in [-0.2, -0.15) is 0 Å². The molecule has 3 aromatic rings. The number of amides is 1. The number of rotatable bonds is 7. The molecule has 0 radical (unpaired) electrons. The number of aromatic nitrogens is 3. The molecule has 0 unspecified atom stereocenters. The molecule has 0 spiro atoms. The average molecular weight is 392 g/mol. The summed E-state index contributed by atoms with van der Waals surface area (Å²) in [5.74, 6) is -1.09. The predicted octanol–water partition coefficient (Wildman–Crippen LogP) is 2.84. The van der Waals surface area contributed by atoms with E-state index >= 15 is 0 Å². The van der Waals surface area contributed by atoms with Gasteiger partial charge >= 0.3 is 5.97 Å². The summed E-state index contributed by atoms with van der Waals surface area (Å²) < 4.78 is 6.43. The number of esters is 1. The second kappa shape index (κ2) is 9.14. The maximum Gasteiger partial charge on any atom is 0.328 e. The van der Waals surface area contributed by atoms with Crippen LogP contribution in [0.15, 0.2) is 66.9 Å². The number of ether oxygens (including phenoxy) is 1. The monoisotopic (exact) mass is 392 g/mol. The number of hydrogen-bond acceptors (Lipinski definition) is 5. The van der Waals surface area contributed by atoms with Gasteiger partial charge in [0.05, 0.1) is 13.3 Å². The Kier molecular flexibility index (Phi) is 6.39. The van der Waals surface area contributed by atoms with Crippen LogP contribution >= 0.6 is 0 Å². The van der Waals surface area contributed by atoms with Crippen molar-refractivity contribution in [1.82, 2.24) is 20.3 Å². The first-order valence-electron chi connectivity index (χ1n) is 9.41. The van der Waals surface area contributed by atoms with E-state index < -0.39 is 17.9 Å². The molecular formula is C22H24N4O3. The van der Waals surface area contributed by atoms with Crippen LogP contribution in [-0.4, -0.2) is 40.0 Å². The summed E-state index contributed by atoms with van der Waals surface area (Å²) in [6.45, 7) is 3.67. The van der Waals surface area contributed by atoms with Crippen LogP contribution in [0.5, 0.6) is 0 Å². The van der Waals surface area contributed by atoms with Crippen LogP contribution in [0.25, 0.3) is 0 Å². The summed E-state index contributed by atoms with van der Waals surface area (Å²) in [6.07, 6.45) is 1.59. The van der Waals surface area contributed by atoms with E-state index in [1.807, 2.05) is 74.5 Å². The minimum atomic E-state index is -0.753. The van der Waals surface area contributed by atoms with E-state index in [1.165, 1.54) is 7.11 Å². The van der Waals surface area contributed by atoms with Gasteiger partial charge in [-0.3, -0.25) is 4.79 Å². The zero-order valence-corrected chi connectivity index (χ0v) is 16.6. The minimum Gasteiger partial charge on any atom is -0.467 e. The quantitative estimate of drug-likeness (QED) is 0.625. The Bertz CT molecular complexity index is 915. The Balaban J connectivity index is 1.90. The fourth-order valence-electron chi connectivity index (χ4n) is 3.12. The van der Waals surface area contributed by atoms with Crippen molar-refractivity contribution in [2.24, 2.45) is 5.92 Å². The Morgan fingerprint density at radius 1 is 0.966 bits per heavy atom. The summed E-state index contributed by atoms with van der Waals surface area (Å²) in [7, 11) is 1.30. The fourth-order valence-corrected chi connectivity index (χ4v) is 3.12. The summed E-state index contributed by atoms with van der Waals surface area (Å²) in [5, 5.41) is 10.9. The molecule has 0 aliphatic heterocycles. The van der Waals surface area contributed by atoms with Gasteiger partial charge < -0.3 is 10.1 Å². The van der Waals surface area contributed by atoms with Gasteiger partial charge in [0.2, 0.25) is 0 Å².